The first kappa shape index (κ1) is 20.5. The first-order chi connectivity index (χ1) is 18.2. The van der Waals surface area contributed by atoms with Crippen LogP contribution >= 0.6 is 0 Å². The summed E-state index contributed by atoms with van der Waals surface area (Å²) in [5.41, 5.74) is 1.43. The van der Waals surface area contributed by atoms with Crippen LogP contribution in [0.3, 0.4) is 0 Å². The number of aromatic nitrogens is 1. The average molecular weight is 467 g/mol. The summed E-state index contributed by atoms with van der Waals surface area (Å²) in [5, 5.41) is 49.0. The third-order valence-electron chi connectivity index (χ3n) is 7.31. The van der Waals surface area contributed by atoms with E-state index in [9.17, 15) is 21.0 Å². The zero-order chi connectivity index (χ0) is 25.3. The minimum absolute atomic E-state index is 0.0661. The second-order valence-corrected chi connectivity index (χ2v) is 8.95. The van der Waals surface area contributed by atoms with Gasteiger partial charge in [0.05, 0.1) is 33.3 Å². The van der Waals surface area contributed by atoms with Gasteiger partial charge < -0.3 is 4.40 Å². The van der Waals surface area contributed by atoms with Crippen molar-refractivity contribution in [1.29, 1.82) is 21.0 Å². The van der Waals surface area contributed by atoms with Gasteiger partial charge in [0.2, 0.25) is 0 Å². The lowest BCUT2D eigenvalue weighted by Crippen LogP contribution is -2.03. The molecule has 0 saturated heterocycles. The van der Waals surface area contributed by atoms with Crippen LogP contribution in [-0.4, -0.2) is 4.40 Å². The van der Waals surface area contributed by atoms with Crippen LogP contribution < -0.4 is 0 Å². The second-order valence-electron chi connectivity index (χ2n) is 8.95. The van der Waals surface area contributed by atoms with Crippen molar-refractivity contribution in [2.45, 2.75) is 0 Å². The fourth-order valence-corrected chi connectivity index (χ4v) is 5.90. The molecule has 166 valence electrons. The van der Waals surface area contributed by atoms with E-state index in [0.717, 1.165) is 48.6 Å². The van der Waals surface area contributed by atoms with Crippen molar-refractivity contribution < 1.29 is 0 Å². The van der Waals surface area contributed by atoms with E-state index in [1.54, 1.807) is 0 Å². The molecule has 0 fully saturated rings. The maximum absolute atomic E-state index is 10.4. The zero-order valence-corrected chi connectivity index (χ0v) is 19.2. The molecule has 37 heavy (non-hydrogen) atoms. The van der Waals surface area contributed by atoms with Crippen LogP contribution in [0.1, 0.15) is 22.3 Å². The van der Waals surface area contributed by atoms with Crippen LogP contribution in [0.25, 0.3) is 59.5 Å². The standard InChI is InChI=1S/C32H13N5/c33-13-24-25(14-34)27(16-36)32-30(26(24)15-35)28-22-11-5-3-9-20(22)21-10-4-6-12-23(21)29(28)31-19-8-2-1-7-18(19)17-37(31)32/h1-12,17H. The van der Waals surface area contributed by atoms with Gasteiger partial charge in [-0.15, -0.1) is 0 Å². The fraction of sp³-hybridized carbons (Fsp3) is 0. The van der Waals surface area contributed by atoms with Crippen molar-refractivity contribution in [3.05, 3.63) is 101 Å². The predicted octanol–water partition coefficient (Wildman–Crippen LogP) is 7.19. The summed E-state index contributed by atoms with van der Waals surface area (Å²) in [6.45, 7) is 0. The average Bonchev–Trinajstić information content (AvgIpc) is 3.34. The molecule has 5 aromatic carbocycles. The Kier molecular flexibility index (Phi) is 4.05. The summed E-state index contributed by atoms with van der Waals surface area (Å²) in [5.74, 6) is 0. The first-order valence-corrected chi connectivity index (χ1v) is 11.6. The Bertz CT molecular complexity index is 2350. The van der Waals surface area contributed by atoms with Crippen LogP contribution in [0.4, 0.5) is 0 Å². The molecule has 0 aliphatic carbocycles. The van der Waals surface area contributed by atoms with Gasteiger partial charge in [0.15, 0.2) is 0 Å². The van der Waals surface area contributed by atoms with Gasteiger partial charge in [0.1, 0.15) is 24.3 Å². The Morgan fingerprint density at radius 2 is 0.919 bits per heavy atom. The maximum atomic E-state index is 10.4. The molecule has 2 heterocycles. The third-order valence-corrected chi connectivity index (χ3v) is 7.31. The fourth-order valence-electron chi connectivity index (χ4n) is 5.90. The Balaban J connectivity index is 2.05. The molecule has 7 rings (SSSR count). The summed E-state index contributed by atoms with van der Waals surface area (Å²) in [6.07, 6.45) is 1.95. The molecule has 0 bridgehead atoms. The molecule has 5 nitrogen and oxygen atoms in total. The number of fused-ring (bicyclic) bond motifs is 13. The van der Waals surface area contributed by atoms with E-state index < -0.39 is 0 Å². The normalized spacial score (nSPS) is 11.1. The molecular weight excluding hydrogens is 454 g/mol. The number of pyridine rings is 1. The van der Waals surface area contributed by atoms with E-state index in [1.165, 1.54) is 0 Å². The molecular formula is C32H13N5. The monoisotopic (exact) mass is 467 g/mol. The molecule has 0 spiro atoms. The molecule has 0 aliphatic rings. The van der Waals surface area contributed by atoms with E-state index in [4.69, 9.17) is 0 Å². The van der Waals surface area contributed by atoms with E-state index in [1.807, 2.05) is 71.3 Å². The van der Waals surface area contributed by atoms with Crippen molar-refractivity contribution in [2.24, 2.45) is 0 Å². The molecule has 5 heteroatoms. The van der Waals surface area contributed by atoms with Crippen molar-refractivity contribution in [1.82, 2.24) is 4.40 Å². The maximum Gasteiger partial charge on any atom is 0.103 e. The quantitative estimate of drug-likeness (QED) is 0.220. The molecule has 0 aliphatic heterocycles. The number of hydrogen-bond donors (Lipinski definition) is 0. The minimum Gasteiger partial charge on any atom is -0.313 e. The summed E-state index contributed by atoms with van der Waals surface area (Å²) >= 11 is 0. The highest BCUT2D eigenvalue weighted by molar-refractivity contribution is 6.37. The summed E-state index contributed by atoms with van der Waals surface area (Å²) in [6, 6.07) is 32.7. The van der Waals surface area contributed by atoms with E-state index >= 15 is 0 Å². The minimum atomic E-state index is -0.0717. The highest BCUT2D eigenvalue weighted by Gasteiger charge is 2.26. The number of hydrogen-bond acceptors (Lipinski definition) is 4. The summed E-state index contributed by atoms with van der Waals surface area (Å²) in [4.78, 5) is 0. The van der Waals surface area contributed by atoms with Gasteiger partial charge in [-0.3, -0.25) is 0 Å². The Morgan fingerprint density at radius 1 is 0.432 bits per heavy atom. The van der Waals surface area contributed by atoms with Crippen LogP contribution in [0, 0.1) is 45.3 Å². The highest BCUT2D eigenvalue weighted by atomic mass is 14.9. The lowest BCUT2D eigenvalue weighted by atomic mass is 9.86. The van der Waals surface area contributed by atoms with E-state index in [-0.39, 0.29) is 22.3 Å². The molecule has 2 aromatic heterocycles. The number of nitriles is 4. The molecule has 0 atom stereocenters. The largest absolute Gasteiger partial charge is 0.313 e. The van der Waals surface area contributed by atoms with Crippen molar-refractivity contribution >= 4 is 59.5 Å². The van der Waals surface area contributed by atoms with Gasteiger partial charge in [-0.2, -0.15) is 21.0 Å². The van der Waals surface area contributed by atoms with Crippen LogP contribution in [0.15, 0.2) is 79.0 Å². The molecule has 7 aromatic rings. The van der Waals surface area contributed by atoms with Crippen LogP contribution in [0.5, 0.6) is 0 Å². The first-order valence-electron chi connectivity index (χ1n) is 11.6. The zero-order valence-electron chi connectivity index (χ0n) is 19.2. The molecule has 0 N–H and O–H groups in total. The van der Waals surface area contributed by atoms with Gasteiger partial charge in [0, 0.05) is 33.1 Å². The second kappa shape index (κ2) is 7.31. The summed E-state index contributed by atoms with van der Waals surface area (Å²) in [7, 11) is 0. The summed E-state index contributed by atoms with van der Waals surface area (Å²) < 4.78 is 1.94. The van der Waals surface area contributed by atoms with Crippen molar-refractivity contribution in [2.75, 3.05) is 0 Å². The number of benzene rings is 5. The van der Waals surface area contributed by atoms with Crippen molar-refractivity contribution in [3.63, 3.8) is 0 Å². The SMILES string of the molecule is N#Cc1c(C#N)c(C#N)c2c(c1C#N)c1c3ccccc3c3ccccc3c1c1c3ccccc3cn21. The third kappa shape index (κ3) is 2.42. The van der Waals surface area contributed by atoms with Crippen molar-refractivity contribution in [3.8, 4) is 24.3 Å². The highest BCUT2D eigenvalue weighted by Crippen LogP contribution is 2.46. The van der Waals surface area contributed by atoms with Gasteiger partial charge in [-0.25, -0.2) is 0 Å². The molecule has 0 amide bonds. The topological polar surface area (TPSA) is 99.6 Å². The van der Waals surface area contributed by atoms with Gasteiger partial charge in [-0.05, 0) is 21.5 Å². The van der Waals surface area contributed by atoms with E-state index in [0.29, 0.717) is 10.9 Å². The molecule has 0 saturated carbocycles. The number of rotatable bonds is 0. The van der Waals surface area contributed by atoms with Crippen LogP contribution in [-0.2, 0) is 0 Å². The Labute approximate surface area is 210 Å². The Hall–Kier alpha value is -5.88. The smallest absolute Gasteiger partial charge is 0.103 e. The van der Waals surface area contributed by atoms with E-state index in [2.05, 4.69) is 36.4 Å². The Morgan fingerprint density at radius 3 is 1.51 bits per heavy atom. The molecule has 0 radical (unpaired) electrons. The van der Waals surface area contributed by atoms with Gasteiger partial charge in [0.25, 0.3) is 0 Å². The lowest BCUT2D eigenvalue weighted by molar-refractivity contribution is 1.27. The van der Waals surface area contributed by atoms with Crippen LogP contribution in [0.2, 0.25) is 0 Å². The lowest BCUT2D eigenvalue weighted by Gasteiger charge is -2.18. The van der Waals surface area contributed by atoms with Gasteiger partial charge >= 0.3 is 0 Å². The van der Waals surface area contributed by atoms with Gasteiger partial charge in [-0.1, -0.05) is 72.8 Å². The molecule has 0 unspecified atom stereocenters. The number of nitrogens with zero attached hydrogens (tertiary/aromatic N) is 5. The predicted molar refractivity (Wildman–Crippen MR) is 144 cm³/mol.